The van der Waals surface area contributed by atoms with Gasteiger partial charge in [-0.2, -0.15) is 0 Å². The van der Waals surface area contributed by atoms with Gasteiger partial charge in [-0.3, -0.25) is 0 Å². The molecular formula is C13H9ClF2O. The Balaban J connectivity index is 2.21. The summed E-state index contributed by atoms with van der Waals surface area (Å²) < 4.78 is 31.5. The lowest BCUT2D eigenvalue weighted by molar-refractivity contribution is 0.441. The first-order chi connectivity index (χ1) is 8.19. The Labute approximate surface area is 103 Å². The van der Waals surface area contributed by atoms with Gasteiger partial charge in [0, 0.05) is 5.88 Å². The second-order valence-electron chi connectivity index (χ2n) is 3.45. The van der Waals surface area contributed by atoms with Crippen LogP contribution in [0.4, 0.5) is 8.78 Å². The van der Waals surface area contributed by atoms with Crippen LogP contribution in [0.1, 0.15) is 5.56 Å². The van der Waals surface area contributed by atoms with Crippen LogP contribution in [0.15, 0.2) is 42.5 Å². The van der Waals surface area contributed by atoms with Crippen LogP contribution in [0.25, 0.3) is 0 Å². The van der Waals surface area contributed by atoms with Gasteiger partial charge < -0.3 is 4.74 Å². The molecule has 17 heavy (non-hydrogen) atoms. The highest BCUT2D eigenvalue weighted by atomic mass is 35.5. The van der Waals surface area contributed by atoms with E-state index >= 15 is 0 Å². The van der Waals surface area contributed by atoms with E-state index in [4.69, 9.17) is 16.3 Å². The lowest BCUT2D eigenvalue weighted by Crippen LogP contribution is -1.90. The van der Waals surface area contributed by atoms with Crippen LogP contribution in [0.3, 0.4) is 0 Å². The summed E-state index contributed by atoms with van der Waals surface area (Å²) in [6.45, 7) is 0. The van der Waals surface area contributed by atoms with Gasteiger partial charge in [0.25, 0.3) is 0 Å². The van der Waals surface area contributed by atoms with Crippen molar-refractivity contribution in [1.29, 1.82) is 0 Å². The molecule has 2 aromatic carbocycles. The molecule has 0 saturated heterocycles. The number of benzene rings is 2. The summed E-state index contributed by atoms with van der Waals surface area (Å²) in [6.07, 6.45) is 0. The lowest BCUT2D eigenvalue weighted by atomic mass is 10.2. The van der Waals surface area contributed by atoms with Crippen molar-refractivity contribution in [1.82, 2.24) is 0 Å². The number of rotatable bonds is 3. The van der Waals surface area contributed by atoms with Gasteiger partial charge in [0.1, 0.15) is 11.6 Å². The fourth-order valence-corrected chi connectivity index (χ4v) is 1.51. The minimum Gasteiger partial charge on any atom is -0.454 e. The van der Waals surface area contributed by atoms with Crippen LogP contribution < -0.4 is 4.74 Å². The summed E-state index contributed by atoms with van der Waals surface area (Å²) in [5.41, 5.74) is 0.677. The average molecular weight is 255 g/mol. The molecule has 1 nitrogen and oxygen atoms in total. The van der Waals surface area contributed by atoms with Crippen molar-refractivity contribution < 1.29 is 13.5 Å². The summed E-state index contributed by atoms with van der Waals surface area (Å²) in [4.78, 5) is 0. The fraction of sp³-hybridized carbons (Fsp3) is 0.0769. The Bertz CT molecular complexity index is 511. The largest absolute Gasteiger partial charge is 0.454 e. The molecule has 88 valence electrons. The maximum Gasteiger partial charge on any atom is 0.166 e. The number of hydrogen-bond donors (Lipinski definition) is 0. The molecule has 0 aliphatic heterocycles. The van der Waals surface area contributed by atoms with Crippen LogP contribution in [-0.2, 0) is 5.88 Å². The molecule has 0 radical (unpaired) electrons. The van der Waals surface area contributed by atoms with E-state index in [1.54, 1.807) is 6.07 Å². The van der Waals surface area contributed by atoms with Crippen LogP contribution >= 0.6 is 11.6 Å². The highest BCUT2D eigenvalue weighted by Crippen LogP contribution is 2.25. The Morgan fingerprint density at radius 3 is 2.29 bits per heavy atom. The van der Waals surface area contributed by atoms with Gasteiger partial charge in [-0.05, 0) is 42.0 Å². The van der Waals surface area contributed by atoms with Crippen LogP contribution in [0, 0.1) is 11.6 Å². The Morgan fingerprint density at radius 1 is 1.00 bits per heavy atom. The van der Waals surface area contributed by atoms with Crippen LogP contribution in [0.5, 0.6) is 11.5 Å². The van der Waals surface area contributed by atoms with Crippen molar-refractivity contribution in [2.45, 2.75) is 5.88 Å². The van der Waals surface area contributed by atoms with Crippen molar-refractivity contribution in [2.24, 2.45) is 0 Å². The normalized spacial score (nSPS) is 10.3. The molecule has 0 heterocycles. The molecule has 0 fully saturated rings. The molecule has 2 aromatic rings. The van der Waals surface area contributed by atoms with Crippen molar-refractivity contribution in [3.63, 3.8) is 0 Å². The summed E-state index contributed by atoms with van der Waals surface area (Å²) in [7, 11) is 0. The summed E-state index contributed by atoms with van der Waals surface area (Å²) in [5.74, 6) is -0.148. The van der Waals surface area contributed by atoms with Gasteiger partial charge in [-0.25, -0.2) is 8.78 Å². The van der Waals surface area contributed by atoms with E-state index < -0.39 is 5.82 Å². The Hall–Kier alpha value is -1.61. The van der Waals surface area contributed by atoms with Crippen molar-refractivity contribution in [3.8, 4) is 11.5 Å². The molecule has 0 spiro atoms. The minimum atomic E-state index is -0.493. The molecule has 0 amide bonds. The van der Waals surface area contributed by atoms with E-state index in [2.05, 4.69) is 0 Å². The predicted octanol–water partition coefficient (Wildman–Crippen LogP) is 4.50. The second kappa shape index (κ2) is 5.15. The number of hydrogen-bond acceptors (Lipinski definition) is 1. The van der Waals surface area contributed by atoms with Crippen LogP contribution in [0.2, 0.25) is 0 Å². The maximum absolute atomic E-state index is 13.5. The van der Waals surface area contributed by atoms with E-state index in [1.165, 1.54) is 36.4 Å². The van der Waals surface area contributed by atoms with Crippen LogP contribution in [-0.4, -0.2) is 0 Å². The first-order valence-electron chi connectivity index (χ1n) is 4.97. The monoisotopic (exact) mass is 254 g/mol. The smallest absolute Gasteiger partial charge is 0.166 e. The second-order valence-corrected chi connectivity index (χ2v) is 3.72. The topological polar surface area (TPSA) is 9.23 Å². The third-order valence-electron chi connectivity index (χ3n) is 2.19. The highest BCUT2D eigenvalue weighted by molar-refractivity contribution is 6.17. The van der Waals surface area contributed by atoms with E-state index in [1.807, 2.05) is 0 Å². The zero-order chi connectivity index (χ0) is 12.3. The van der Waals surface area contributed by atoms with Gasteiger partial charge in [0.15, 0.2) is 11.6 Å². The molecule has 0 atom stereocenters. The number of ether oxygens (including phenoxy) is 1. The first-order valence-corrected chi connectivity index (χ1v) is 5.50. The fourth-order valence-electron chi connectivity index (χ4n) is 1.34. The SMILES string of the molecule is Fc1ccc(Oc2ccc(CCl)cc2F)cc1. The minimum absolute atomic E-state index is 0.0884. The molecule has 4 heteroatoms. The molecule has 0 aromatic heterocycles. The quantitative estimate of drug-likeness (QED) is 0.733. The standard InChI is InChI=1S/C13H9ClF2O/c14-8-9-1-6-13(12(16)7-9)17-11-4-2-10(15)3-5-11/h1-7H,8H2. The molecule has 2 rings (SSSR count). The van der Waals surface area contributed by atoms with Crippen molar-refractivity contribution >= 4 is 11.6 Å². The summed E-state index contributed by atoms with van der Waals surface area (Å²) >= 11 is 5.58. The maximum atomic E-state index is 13.5. The van der Waals surface area contributed by atoms with Gasteiger partial charge in [-0.15, -0.1) is 11.6 Å². The van der Waals surface area contributed by atoms with E-state index in [0.717, 1.165) is 0 Å². The zero-order valence-corrected chi connectivity index (χ0v) is 9.55. The molecule has 0 aliphatic rings. The molecule has 0 N–H and O–H groups in total. The van der Waals surface area contributed by atoms with Gasteiger partial charge in [-0.1, -0.05) is 6.07 Å². The summed E-state index contributed by atoms with van der Waals surface area (Å²) in [6, 6.07) is 9.85. The molecule has 0 bridgehead atoms. The Morgan fingerprint density at radius 2 is 1.71 bits per heavy atom. The van der Waals surface area contributed by atoms with E-state index in [0.29, 0.717) is 11.3 Å². The predicted molar refractivity (Wildman–Crippen MR) is 62.4 cm³/mol. The molecule has 0 saturated carbocycles. The van der Waals surface area contributed by atoms with Gasteiger partial charge in [0.2, 0.25) is 0 Å². The Kier molecular flexibility index (Phi) is 3.59. The average Bonchev–Trinajstić information content (AvgIpc) is 2.34. The lowest BCUT2D eigenvalue weighted by Gasteiger charge is -2.07. The molecular weight excluding hydrogens is 246 g/mol. The van der Waals surface area contributed by atoms with E-state index in [-0.39, 0.29) is 17.4 Å². The van der Waals surface area contributed by atoms with E-state index in [9.17, 15) is 8.78 Å². The third kappa shape index (κ3) is 2.94. The first kappa shape index (κ1) is 11.9. The number of alkyl halides is 1. The number of halogens is 3. The molecule has 0 aliphatic carbocycles. The zero-order valence-electron chi connectivity index (χ0n) is 8.79. The van der Waals surface area contributed by atoms with Crippen molar-refractivity contribution in [3.05, 3.63) is 59.7 Å². The van der Waals surface area contributed by atoms with Gasteiger partial charge >= 0.3 is 0 Å². The third-order valence-corrected chi connectivity index (χ3v) is 2.50. The van der Waals surface area contributed by atoms with Crippen molar-refractivity contribution in [2.75, 3.05) is 0 Å². The highest BCUT2D eigenvalue weighted by Gasteiger charge is 2.05. The molecule has 0 unspecified atom stereocenters. The van der Waals surface area contributed by atoms with Gasteiger partial charge in [0.05, 0.1) is 0 Å². The summed E-state index contributed by atoms with van der Waals surface area (Å²) in [5, 5.41) is 0.